The number of nitrogens with zero attached hydrogens (tertiary/aromatic N) is 1. The fourth-order valence-corrected chi connectivity index (χ4v) is 2.12. The molecule has 96 valence electrons. The van der Waals surface area contributed by atoms with E-state index in [4.69, 9.17) is 0 Å². The number of alkyl halides is 1. The largest absolute Gasteiger partial charge is 0.508 e. The van der Waals surface area contributed by atoms with E-state index in [2.05, 4.69) is 10.2 Å². The first kappa shape index (κ1) is 14.2. The molecule has 2 N–H and O–H groups in total. The van der Waals surface area contributed by atoms with E-state index >= 15 is 0 Å². The molecule has 0 spiro atoms. The average molecular weight is 261 g/mol. The van der Waals surface area contributed by atoms with Gasteiger partial charge in [0.25, 0.3) is 0 Å². The van der Waals surface area contributed by atoms with Gasteiger partial charge in [0.1, 0.15) is 12.4 Å². The van der Waals surface area contributed by atoms with Gasteiger partial charge in [0.05, 0.1) is 6.04 Å². The molecule has 0 saturated carbocycles. The Hall–Kier alpha value is -0.840. The van der Waals surface area contributed by atoms with Crippen LogP contribution in [-0.4, -0.2) is 42.9 Å². The third-order valence-electron chi connectivity index (χ3n) is 2.99. The Balaban J connectivity index is 0.00000144. The lowest BCUT2D eigenvalue weighted by atomic mass is 10.1. The topological polar surface area (TPSA) is 35.5 Å². The summed E-state index contributed by atoms with van der Waals surface area (Å²) in [5, 5.41) is 12.6. The third kappa shape index (κ3) is 3.56. The Morgan fingerprint density at radius 2 is 2.06 bits per heavy atom. The summed E-state index contributed by atoms with van der Waals surface area (Å²) in [4.78, 5) is 2.12. The van der Waals surface area contributed by atoms with E-state index in [1.54, 1.807) is 18.2 Å². The van der Waals surface area contributed by atoms with Crippen molar-refractivity contribution >= 4 is 12.4 Å². The second-order valence-electron chi connectivity index (χ2n) is 4.05. The van der Waals surface area contributed by atoms with Crippen LogP contribution < -0.4 is 5.32 Å². The molecule has 2 rings (SSSR count). The van der Waals surface area contributed by atoms with Gasteiger partial charge >= 0.3 is 0 Å². The average Bonchev–Trinajstić information content (AvgIpc) is 2.31. The van der Waals surface area contributed by atoms with Crippen molar-refractivity contribution < 1.29 is 9.50 Å². The molecule has 1 atom stereocenters. The Labute approximate surface area is 107 Å². The van der Waals surface area contributed by atoms with Crippen molar-refractivity contribution in [2.75, 3.05) is 32.9 Å². The monoisotopic (exact) mass is 260 g/mol. The van der Waals surface area contributed by atoms with E-state index in [1.165, 1.54) is 0 Å². The lowest BCUT2D eigenvalue weighted by Gasteiger charge is -2.33. The van der Waals surface area contributed by atoms with Crippen LogP contribution >= 0.6 is 12.4 Å². The van der Waals surface area contributed by atoms with Crippen LogP contribution in [-0.2, 0) is 0 Å². The highest BCUT2D eigenvalue weighted by Gasteiger charge is 2.22. The predicted octanol–water partition coefficient (Wildman–Crippen LogP) is 1.73. The number of phenolic OH excluding ortho intramolecular Hbond substituents is 1. The normalized spacial score (nSPS) is 18.4. The summed E-state index contributed by atoms with van der Waals surface area (Å²) in [6.07, 6.45) is 0. The summed E-state index contributed by atoms with van der Waals surface area (Å²) in [5.74, 6) is 0.200. The number of hydrogen-bond donors (Lipinski definition) is 2. The van der Waals surface area contributed by atoms with Crippen LogP contribution in [0.3, 0.4) is 0 Å². The molecule has 1 fully saturated rings. The minimum atomic E-state index is -0.413. The Morgan fingerprint density at radius 3 is 2.65 bits per heavy atom. The number of aromatic hydroxyl groups is 1. The Bertz CT molecular complexity index is 345. The van der Waals surface area contributed by atoms with Crippen LogP contribution in [0.4, 0.5) is 4.39 Å². The molecule has 0 aliphatic carbocycles. The van der Waals surface area contributed by atoms with Crippen molar-refractivity contribution in [1.82, 2.24) is 10.2 Å². The van der Waals surface area contributed by atoms with Gasteiger partial charge in [-0.1, -0.05) is 12.1 Å². The molecule has 0 amide bonds. The lowest BCUT2D eigenvalue weighted by molar-refractivity contribution is 0.147. The zero-order chi connectivity index (χ0) is 11.4. The smallest absolute Gasteiger partial charge is 0.115 e. The second kappa shape index (κ2) is 6.79. The van der Waals surface area contributed by atoms with E-state index in [-0.39, 0.29) is 24.2 Å². The molecule has 3 nitrogen and oxygen atoms in total. The summed E-state index contributed by atoms with van der Waals surface area (Å²) >= 11 is 0. The molecule has 17 heavy (non-hydrogen) atoms. The Kier molecular flexibility index (Phi) is 5.68. The molecule has 1 aromatic carbocycles. The fourth-order valence-electron chi connectivity index (χ4n) is 2.12. The van der Waals surface area contributed by atoms with Crippen molar-refractivity contribution in [2.45, 2.75) is 6.04 Å². The SMILES string of the molecule is Cl.Oc1cccc([C@@H](CF)N2CCNCC2)c1. The van der Waals surface area contributed by atoms with Crippen LogP contribution in [0.5, 0.6) is 5.75 Å². The van der Waals surface area contributed by atoms with Gasteiger partial charge in [0.15, 0.2) is 0 Å². The van der Waals surface area contributed by atoms with E-state index < -0.39 is 6.67 Å². The van der Waals surface area contributed by atoms with E-state index in [0.29, 0.717) is 0 Å². The summed E-state index contributed by atoms with van der Waals surface area (Å²) in [7, 11) is 0. The number of nitrogens with one attached hydrogen (secondary N) is 1. The molecule has 0 bridgehead atoms. The number of benzene rings is 1. The maximum Gasteiger partial charge on any atom is 0.115 e. The molecule has 0 unspecified atom stereocenters. The van der Waals surface area contributed by atoms with Gasteiger partial charge in [0.2, 0.25) is 0 Å². The summed E-state index contributed by atoms with van der Waals surface area (Å²) in [6, 6.07) is 6.65. The standard InChI is InChI=1S/C12H17FN2O.ClH/c13-9-12(15-6-4-14-5-7-15)10-2-1-3-11(16)8-10;/h1-3,8,12,14,16H,4-7,9H2;1H/t12-;/m1./s1. The minimum Gasteiger partial charge on any atom is -0.508 e. The van der Waals surface area contributed by atoms with Crippen molar-refractivity contribution in [1.29, 1.82) is 0 Å². The molecule has 1 aliphatic heterocycles. The van der Waals surface area contributed by atoms with Crippen LogP contribution in [0.25, 0.3) is 0 Å². The zero-order valence-corrected chi connectivity index (χ0v) is 10.4. The molecule has 5 heteroatoms. The predicted molar refractivity (Wildman–Crippen MR) is 68.5 cm³/mol. The number of hydrogen-bond acceptors (Lipinski definition) is 3. The van der Waals surface area contributed by atoms with Crippen molar-refractivity contribution in [2.24, 2.45) is 0 Å². The second-order valence-corrected chi connectivity index (χ2v) is 4.05. The number of rotatable bonds is 3. The van der Waals surface area contributed by atoms with Crippen LogP contribution in [0.15, 0.2) is 24.3 Å². The Morgan fingerprint density at radius 1 is 1.35 bits per heavy atom. The van der Waals surface area contributed by atoms with Gasteiger partial charge in [-0.15, -0.1) is 12.4 Å². The maximum absolute atomic E-state index is 13.1. The molecule has 1 aromatic rings. The number of piperazine rings is 1. The third-order valence-corrected chi connectivity index (χ3v) is 2.99. The summed E-state index contributed by atoms with van der Waals surface area (Å²) < 4.78 is 13.1. The van der Waals surface area contributed by atoms with Gasteiger partial charge in [-0.25, -0.2) is 4.39 Å². The fraction of sp³-hybridized carbons (Fsp3) is 0.500. The highest BCUT2D eigenvalue weighted by molar-refractivity contribution is 5.85. The van der Waals surface area contributed by atoms with Crippen molar-refractivity contribution in [3.05, 3.63) is 29.8 Å². The van der Waals surface area contributed by atoms with E-state index in [0.717, 1.165) is 31.7 Å². The van der Waals surface area contributed by atoms with Gasteiger partial charge < -0.3 is 10.4 Å². The van der Waals surface area contributed by atoms with Crippen molar-refractivity contribution in [3.63, 3.8) is 0 Å². The minimum absolute atomic E-state index is 0. The highest BCUT2D eigenvalue weighted by atomic mass is 35.5. The van der Waals surface area contributed by atoms with Gasteiger partial charge in [-0.3, -0.25) is 4.90 Å². The van der Waals surface area contributed by atoms with Crippen LogP contribution in [0, 0.1) is 0 Å². The lowest BCUT2D eigenvalue weighted by Crippen LogP contribution is -2.45. The van der Waals surface area contributed by atoms with Gasteiger partial charge in [-0.05, 0) is 17.7 Å². The van der Waals surface area contributed by atoms with Crippen LogP contribution in [0.1, 0.15) is 11.6 Å². The number of halogens is 2. The summed E-state index contributed by atoms with van der Waals surface area (Å²) in [5.41, 5.74) is 0.851. The van der Waals surface area contributed by atoms with Gasteiger partial charge in [-0.2, -0.15) is 0 Å². The van der Waals surface area contributed by atoms with Crippen LogP contribution in [0.2, 0.25) is 0 Å². The first-order chi connectivity index (χ1) is 7.81. The first-order valence-electron chi connectivity index (χ1n) is 5.61. The molecular formula is C12H18ClFN2O. The number of phenols is 1. The van der Waals surface area contributed by atoms with Gasteiger partial charge in [0, 0.05) is 26.2 Å². The summed E-state index contributed by atoms with van der Waals surface area (Å²) in [6.45, 7) is 3.09. The van der Waals surface area contributed by atoms with E-state index in [1.807, 2.05) is 6.07 Å². The quantitative estimate of drug-likeness (QED) is 0.869. The molecular weight excluding hydrogens is 243 g/mol. The molecule has 1 saturated heterocycles. The first-order valence-corrected chi connectivity index (χ1v) is 5.61. The maximum atomic E-state index is 13.1. The van der Waals surface area contributed by atoms with Crippen molar-refractivity contribution in [3.8, 4) is 5.75 Å². The molecule has 0 aromatic heterocycles. The zero-order valence-electron chi connectivity index (χ0n) is 9.60. The molecule has 1 heterocycles. The molecule has 0 radical (unpaired) electrons. The molecule has 1 aliphatic rings. The highest BCUT2D eigenvalue weighted by Crippen LogP contribution is 2.24. The van der Waals surface area contributed by atoms with E-state index in [9.17, 15) is 9.50 Å².